The fourth-order valence-corrected chi connectivity index (χ4v) is 7.43. The van der Waals surface area contributed by atoms with E-state index in [0.717, 1.165) is 19.6 Å². The van der Waals surface area contributed by atoms with E-state index in [1.54, 1.807) is 24.3 Å². The van der Waals surface area contributed by atoms with Gasteiger partial charge >= 0.3 is 0 Å². The molecular formula is C26H41N3O4S. The highest BCUT2D eigenvalue weighted by molar-refractivity contribution is 7.89. The van der Waals surface area contributed by atoms with Crippen LogP contribution in [0.3, 0.4) is 0 Å². The molecule has 8 heteroatoms. The minimum absolute atomic E-state index is 0.0973. The first-order valence-corrected chi connectivity index (χ1v) is 14.6. The number of hydrogen-bond donors (Lipinski definition) is 1. The average Bonchev–Trinajstić information content (AvgIpc) is 2.89. The molecular weight excluding hydrogens is 450 g/mol. The highest BCUT2D eigenvalue weighted by Gasteiger charge is 2.39. The number of carbonyl (C=O) groups is 1. The van der Waals surface area contributed by atoms with E-state index in [1.807, 2.05) is 6.92 Å². The predicted octanol–water partition coefficient (Wildman–Crippen LogP) is 3.79. The van der Waals surface area contributed by atoms with Crippen LogP contribution in [0.4, 0.5) is 0 Å². The highest BCUT2D eigenvalue weighted by atomic mass is 32.2. The van der Waals surface area contributed by atoms with Gasteiger partial charge in [-0.2, -0.15) is 4.31 Å². The molecule has 3 aliphatic rings. The van der Waals surface area contributed by atoms with E-state index in [1.165, 1.54) is 55.7 Å². The molecule has 0 aromatic heterocycles. The van der Waals surface area contributed by atoms with Crippen molar-refractivity contribution < 1.29 is 17.9 Å². The molecule has 1 aliphatic carbocycles. The van der Waals surface area contributed by atoms with Crippen molar-refractivity contribution in [1.29, 1.82) is 0 Å². The number of carbonyl (C=O) groups excluding carboxylic acids is 1. The zero-order chi connectivity index (χ0) is 24.0. The number of ether oxygens (including phenoxy) is 1. The van der Waals surface area contributed by atoms with Gasteiger partial charge in [-0.15, -0.1) is 0 Å². The van der Waals surface area contributed by atoms with Crippen molar-refractivity contribution in [1.82, 2.24) is 14.5 Å². The lowest BCUT2D eigenvalue weighted by molar-refractivity contribution is -0.127. The molecule has 0 radical (unpaired) electrons. The summed E-state index contributed by atoms with van der Waals surface area (Å²) in [6, 6.07) is 6.59. The third-order valence-corrected chi connectivity index (χ3v) is 9.91. The molecule has 2 heterocycles. The molecule has 2 saturated heterocycles. The van der Waals surface area contributed by atoms with E-state index >= 15 is 0 Å². The van der Waals surface area contributed by atoms with E-state index in [9.17, 15) is 13.2 Å². The summed E-state index contributed by atoms with van der Waals surface area (Å²) in [6.07, 6.45) is 11.1. The number of benzene rings is 1. The maximum atomic E-state index is 13.1. The summed E-state index contributed by atoms with van der Waals surface area (Å²) in [5, 5.41) is 3.30. The largest absolute Gasteiger partial charge is 0.494 e. The number of rotatable bonds is 8. The van der Waals surface area contributed by atoms with Gasteiger partial charge in [0.05, 0.1) is 11.5 Å². The first kappa shape index (κ1) is 25.5. The van der Waals surface area contributed by atoms with Crippen LogP contribution in [-0.2, 0) is 14.8 Å². The third-order valence-electron chi connectivity index (χ3n) is 8.00. The average molecular weight is 492 g/mol. The SMILES string of the molecule is CCOc1ccc(S(=O)(=O)N2CCC(C(=O)NCC3(N4CCCCC4)CCCCC3)CC2)cc1. The summed E-state index contributed by atoms with van der Waals surface area (Å²) >= 11 is 0. The van der Waals surface area contributed by atoms with Gasteiger partial charge in [-0.25, -0.2) is 8.42 Å². The molecule has 0 bridgehead atoms. The Kier molecular flexibility index (Phi) is 8.53. The van der Waals surface area contributed by atoms with Gasteiger partial charge in [0, 0.05) is 31.1 Å². The Labute approximate surface area is 205 Å². The number of piperidine rings is 2. The van der Waals surface area contributed by atoms with Gasteiger partial charge in [-0.3, -0.25) is 9.69 Å². The third kappa shape index (κ3) is 5.77. The van der Waals surface area contributed by atoms with Crippen molar-refractivity contribution in [2.75, 3.05) is 39.3 Å². The van der Waals surface area contributed by atoms with E-state index in [0.29, 0.717) is 38.3 Å². The van der Waals surface area contributed by atoms with Crippen LogP contribution in [0.15, 0.2) is 29.2 Å². The predicted molar refractivity (Wildman–Crippen MR) is 133 cm³/mol. The molecule has 3 fully saturated rings. The molecule has 1 aromatic rings. The zero-order valence-electron chi connectivity index (χ0n) is 20.6. The van der Waals surface area contributed by atoms with Crippen LogP contribution in [0, 0.1) is 5.92 Å². The number of amides is 1. The normalized spacial score (nSPS) is 22.9. The molecule has 0 spiro atoms. The van der Waals surface area contributed by atoms with Crippen LogP contribution in [0.2, 0.25) is 0 Å². The second-order valence-electron chi connectivity index (χ2n) is 10.1. The van der Waals surface area contributed by atoms with Crippen LogP contribution >= 0.6 is 0 Å². The second-order valence-corrected chi connectivity index (χ2v) is 12.1. The molecule has 190 valence electrons. The first-order chi connectivity index (χ1) is 16.4. The first-order valence-electron chi connectivity index (χ1n) is 13.2. The van der Waals surface area contributed by atoms with E-state index in [2.05, 4.69) is 10.2 Å². The Morgan fingerprint density at radius 2 is 1.59 bits per heavy atom. The van der Waals surface area contributed by atoms with Gasteiger partial charge < -0.3 is 10.1 Å². The van der Waals surface area contributed by atoms with Crippen molar-refractivity contribution in [3.63, 3.8) is 0 Å². The van der Waals surface area contributed by atoms with Crippen LogP contribution in [-0.4, -0.2) is 68.4 Å². The maximum Gasteiger partial charge on any atom is 0.243 e. The highest BCUT2D eigenvalue weighted by Crippen LogP contribution is 2.35. The van der Waals surface area contributed by atoms with E-state index < -0.39 is 10.0 Å². The number of hydrogen-bond acceptors (Lipinski definition) is 5. The summed E-state index contributed by atoms with van der Waals surface area (Å²) in [5.74, 6) is 0.644. The number of likely N-dealkylation sites (tertiary alicyclic amines) is 1. The molecule has 1 amide bonds. The monoisotopic (exact) mass is 491 g/mol. The Balaban J connectivity index is 1.31. The van der Waals surface area contributed by atoms with Crippen LogP contribution in [0.5, 0.6) is 5.75 Å². The van der Waals surface area contributed by atoms with Crippen molar-refractivity contribution in [3.05, 3.63) is 24.3 Å². The van der Waals surface area contributed by atoms with Gasteiger partial charge in [0.1, 0.15) is 5.75 Å². The van der Waals surface area contributed by atoms with Gasteiger partial charge in [0.25, 0.3) is 0 Å². The van der Waals surface area contributed by atoms with Crippen LogP contribution in [0.25, 0.3) is 0 Å². The molecule has 1 aromatic carbocycles. The number of nitrogens with one attached hydrogen (secondary N) is 1. The Bertz CT molecular complexity index is 898. The van der Waals surface area contributed by atoms with Gasteiger partial charge in [0.15, 0.2) is 0 Å². The zero-order valence-corrected chi connectivity index (χ0v) is 21.5. The van der Waals surface area contributed by atoms with Crippen molar-refractivity contribution in [3.8, 4) is 5.75 Å². The Morgan fingerprint density at radius 3 is 2.21 bits per heavy atom. The Morgan fingerprint density at radius 1 is 0.971 bits per heavy atom. The molecule has 7 nitrogen and oxygen atoms in total. The fraction of sp³-hybridized carbons (Fsp3) is 0.731. The van der Waals surface area contributed by atoms with E-state index in [4.69, 9.17) is 4.74 Å². The van der Waals surface area contributed by atoms with Crippen LogP contribution < -0.4 is 10.1 Å². The lowest BCUT2D eigenvalue weighted by Gasteiger charge is -2.48. The molecule has 2 aliphatic heterocycles. The smallest absolute Gasteiger partial charge is 0.243 e. The topological polar surface area (TPSA) is 79.0 Å². The summed E-state index contributed by atoms with van der Waals surface area (Å²) in [6.45, 7) is 6.23. The minimum atomic E-state index is -3.56. The Hall–Kier alpha value is -1.64. The summed E-state index contributed by atoms with van der Waals surface area (Å²) in [5.41, 5.74) is 0.117. The molecule has 1 N–H and O–H groups in total. The molecule has 0 atom stereocenters. The minimum Gasteiger partial charge on any atom is -0.494 e. The number of nitrogens with zero attached hydrogens (tertiary/aromatic N) is 2. The maximum absolute atomic E-state index is 13.1. The quantitative estimate of drug-likeness (QED) is 0.599. The molecule has 34 heavy (non-hydrogen) atoms. The van der Waals surface area contributed by atoms with Crippen molar-refractivity contribution >= 4 is 15.9 Å². The van der Waals surface area contributed by atoms with Crippen molar-refractivity contribution in [2.45, 2.75) is 81.6 Å². The molecule has 1 saturated carbocycles. The summed E-state index contributed by atoms with van der Waals surface area (Å²) in [4.78, 5) is 16.0. The second kappa shape index (κ2) is 11.4. The standard InChI is InChI=1S/C26H41N3O4S/c1-2-33-23-9-11-24(12-10-23)34(31,32)29-19-13-22(14-20-29)25(30)27-21-26(15-5-3-6-16-26)28-17-7-4-8-18-28/h9-12,22H,2-8,13-21H2,1H3,(H,27,30). The molecule has 4 rings (SSSR count). The van der Waals surface area contributed by atoms with Crippen LogP contribution in [0.1, 0.15) is 71.1 Å². The fourth-order valence-electron chi connectivity index (χ4n) is 5.96. The lowest BCUT2D eigenvalue weighted by Crippen LogP contribution is -2.58. The molecule has 0 unspecified atom stereocenters. The van der Waals surface area contributed by atoms with Crippen molar-refractivity contribution in [2.24, 2.45) is 5.92 Å². The summed E-state index contributed by atoms with van der Waals surface area (Å²) < 4.78 is 33.1. The van der Waals surface area contributed by atoms with E-state index in [-0.39, 0.29) is 22.3 Å². The number of sulfonamides is 1. The summed E-state index contributed by atoms with van der Waals surface area (Å²) in [7, 11) is -3.56. The lowest BCUT2D eigenvalue weighted by atomic mass is 9.79. The van der Waals surface area contributed by atoms with Gasteiger partial charge in [-0.05, 0) is 82.8 Å². The van der Waals surface area contributed by atoms with Gasteiger partial charge in [-0.1, -0.05) is 25.7 Å². The van der Waals surface area contributed by atoms with Gasteiger partial charge in [0.2, 0.25) is 15.9 Å².